The average molecular weight is 335 g/mol. The second-order valence-electron chi connectivity index (χ2n) is 5.29. The van der Waals surface area contributed by atoms with E-state index in [9.17, 15) is 13.6 Å². The van der Waals surface area contributed by atoms with Crippen molar-refractivity contribution >= 4 is 5.91 Å². The van der Waals surface area contributed by atoms with E-state index in [2.05, 4.69) is 0 Å². The molecule has 4 nitrogen and oxygen atoms in total. The first-order valence-electron chi connectivity index (χ1n) is 7.40. The highest BCUT2D eigenvalue weighted by atomic mass is 19.2. The van der Waals surface area contributed by atoms with Crippen LogP contribution in [0.1, 0.15) is 18.5 Å². The Balaban J connectivity index is 2.02. The highest BCUT2D eigenvalue weighted by Crippen LogP contribution is 2.26. The fraction of sp³-hybridized carbons (Fsp3) is 0.278. The van der Waals surface area contributed by atoms with Gasteiger partial charge >= 0.3 is 0 Å². The van der Waals surface area contributed by atoms with Gasteiger partial charge in [0.15, 0.2) is 29.7 Å². The zero-order chi connectivity index (χ0) is 17.7. The van der Waals surface area contributed by atoms with Gasteiger partial charge in [0.1, 0.15) is 0 Å². The molecule has 128 valence electrons. The molecule has 0 aliphatic heterocycles. The van der Waals surface area contributed by atoms with Gasteiger partial charge in [0.25, 0.3) is 5.91 Å². The highest BCUT2D eigenvalue weighted by Gasteiger charge is 2.19. The SMILES string of the molecule is COc1ccccc1OCC(=O)N(C)C(C)c1ccc(F)c(F)c1. The third-order valence-electron chi connectivity index (χ3n) is 3.82. The minimum Gasteiger partial charge on any atom is -0.493 e. The molecule has 24 heavy (non-hydrogen) atoms. The first-order chi connectivity index (χ1) is 11.4. The maximum absolute atomic E-state index is 13.3. The fourth-order valence-corrected chi connectivity index (χ4v) is 2.19. The van der Waals surface area contributed by atoms with Gasteiger partial charge in [-0.05, 0) is 36.8 Å². The van der Waals surface area contributed by atoms with Gasteiger partial charge < -0.3 is 14.4 Å². The van der Waals surface area contributed by atoms with Crippen LogP contribution in [0.4, 0.5) is 8.78 Å². The number of carbonyl (C=O) groups excluding carboxylic acids is 1. The predicted molar refractivity (Wildman–Crippen MR) is 86.0 cm³/mol. The third-order valence-corrected chi connectivity index (χ3v) is 3.82. The summed E-state index contributed by atoms with van der Waals surface area (Å²) in [5.41, 5.74) is 0.502. The number of carbonyl (C=O) groups is 1. The Morgan fingerprint density at radius 3 is 2.42 bits per heavy atom. The summed E-state index contributed by atoms with van der Waals surface area (Å²) in [5, 5.41) is 0. The van der Waals surface area contributed by atoms with Crippen molar-refractivity contribution in [2.45, 2.75) is 13.0 Å². The molecule has 2 aromatic carbocycles. The molecule has 1 unspecified atom stereocenters. The largest absolute Gasteiger partial charge is 0.493 e. The molecule has 0 aliphatic carbocycles. The van der Waals surface area contributed by atoms with Crippen LogP contribution in [0.15, 0.2) is 42.5 Å². The van der Waals surface area contributed by atoms with Crippen LogP contribution in [0.25, 0.3) is 0 Å². The lowest BCUT2D eigenvalue weighted by Crippen LogP contribution is -2.33. The Morgan fingerprint density at radius 2 is 1.79 bits per heavy atom. The number of benzene rings is 2. The van der Waals surface area contributed by atoms with Gasteiger partial charge in [0.2, 0.25) is 0 Å². The predicted octanol–water partition coefficient (Wildman–Crippen LogP) is 3.57. The monoisotopic (exact) mass is 335 g/mol. The molecule has 2 rings (SSSR count). The average Bonchev–Trinajstić information content (AvgIpc) is 2.60. The molecule has 1 atom stereocenters. The number of rotatable bonds is 6. The first kappa shape index (κ1) is 17.7. The molecule has 0 heterocycles. The van der Waals surface area contributed by atoms with E-state index in [0.29, 0.717) is 17.1 Å². The first-order valence-corrected chi connectivity index (χ1v) is 7.40. The van der Waals surface area contributed by atoms with E-state index >= 15 is 0 Å². The molecule has 0 spiro atoms. The maximum Gasteiger partial charge on any atom is 0.260 e. The summed E-state index contributed by atoms with van der Waals surface area (Å²) in [6, 6.07) is 10.2. The summed E-state index contributed by atoms with van der Waals surface area (Å²) in [7, 11) is 3.10. The van der Waals surface area contributed by atoms with Crippen molar-refractivity contribution in [2.75, 3.05) is 20.8 Å². The molecule has 0 saturated heterocycles. The maximum atomic E-state index is 13.3. The Hall–Kier alpha value is -2.63. The summed E-state index contributed by atoms with van der Waals surface area (Å²) >= 11 is 0. The van der Waals surface area contributed by atoms with Crippen molar-refractivity contribution < 1.29 is 23.0 Å². The van der Waals surface area contributed by atoms with Gasteiger partial charge in [0, 0.05) is 7.05 Å². The standard InChI is InChI=1S/C18H19F2NO3/c1-12(13-8-9-14(19)15(20)10-13)21(2)18(22)11-24-17-7-5-4-6-16(17)23-3/h4-10,12H,11H2,1-3H3. The number of halogens is 2. The van der Waals surface area contributed by atoms with E-state index in [1.807, 2.05) is 0 Å². The second-order valence-corrected chi connectivity index (χ2v) is 5.29. The Kier molecular flexibility index (Phi) is 5.73. The number of para-hydroxylation sites is 2. The molecule has 0 fully saturated rings. The minimum absolute atomic E-state index is 0.190. The molecular weight excluding hydrogens is 316 g/mol. The quantitative estimate of drug-likeness (QED) is 0.810. The summed E-state index contributed by atoms with van der Waals surface area (Å²) in [4.78, 5) is 13.7. The Morgan fingerprint density at radius 1 is 1.12 bits per heavy atom. The fourth-order valence-electron chi connectivity index (χ4n) is 2.19. The lowest BCUT2D eigenvalue weighted by molar-refractivity contribution is -0.134. The normalized spacial score (nSPS) is 11.7. The van der Waals surface area contributed by atoms with Gasteiger partial charge in [-0.1, -0.05) is 18.2 Å². The number of hydrogen-bond donors (Lipinski definition) is 0. The van der Waals surface area contributed by atoms with Gasteiger partial charge in [-0.15, -0.1) is 0 Å². The zero-order valence-corrected chi connectivity index (χ0v) is 13.8. The van der Waals surface area contributed by atoms with Crippen molar-refractivity contribution in [3.63, 3.8) is 0 Å². The zero-order valence-electron chi connectivity index (χ0n) is 13.8. The van der Waals surface area contributed by atoms with E-state index in [-0.39, 0.29) is 12.5 Å². The molecule has 0 saturated carbocycles. The molecule has 0 aromatic heterocycles. The van der Waals surface area contributed by atoms with Gasteiger partial charge in [0.05, 0.1) is 13.2 Å². The van der Waals surface area contributed by atoms with Crippen molar-refractivity contribution in [3.05, 3.63) is 59.7 Å². The molecular formula is C18H19F2NO3. The topological polar surface area (TPSA) is 38.8 Å². The van der Waals surface area contributed by atoms with Crippen LogP contribution < -0.4 is 9.47 Å². The van der Waals surface area contributed by atoms with Gasteiger partial charge in [-0.2, -0.15) is 0 Å². The number of hydrogen-bond acceptors (Lipinski definition) is 3. The molecule has 0 radical (unpaired) electrons. The lowest BCUT2D eigenvalue weighted by atomic mass is 10.1. The van der Waals surface area contributed by atoms with E-state index in [1.165, 1.54) is 18.1 Å². The van der Waals surface area contributed by atoms with Gasteiger partial charge in [-0.3, -0.25) is 4.79 Å². The van der Waals surface area contributed by atoms with Crippen LogP contribution in [-0.2, 0) is 4.79 Å². The van der Waals surface area contributed by atoms with Crippen LogP contribution >= 0.6 is 0 Å². The molecule has 0 aliphatic rings. The highest BCUT2D eigenvalue weighted by molar-refractivity contribution is 5.78. The summed E-state index contributed by atoms with van der Waals surface area (Å²) in [6.45, 7) is 1.54. The van der Waals surface area contributed by atoms with Crippen molar-refractivity contribution in [3.8, 4) is 11.5 Å². The van der Waals surface area contributed by atoms with E-state index in [1.54, 1.807) is 38.2 Å². The number of ether oxygens (including phenoxy) is 2. The number of amides is 1. The summed E-state index contributed by atoms with van der Waals surface area (Å²) in [5.74, 6) is -1.16. The van der Waals surface area contributed by atoms with E-state index in [4.69, 9.17) is 9.47 Å². The molecule has 2 aromatic rings. The molecule has 1 amide bonds. The smallest absolute Gasteiger partial charge is 0.260 e. The lowest BCUT2D eigenvalue weighted by Gasteiger charge is -2.25. The second kappa shape index (κ2) is 7.77. The molecule has 0 bridgehead atoms. The number of likely N-dealkylation sites (N-methyl/N-ethyl adjacent to an activating group) is 1. The van der Waals surface area contributed by atoms with Crippen LogP contribution in [-0.4, -0.2) is 31.6 Å². The van der Waals surface area contributed by atoms with Crippen LogP contribution in [0.5, 0.6) is 11.5 Å². The van der Waals surface area contributed by atoms with Crippen molar-refractivity contribution in [1.82, 2.24) is 4.90 Å². The minimum atomic E-state index is -0.939. The number of methoxy groups -OCH3 is 1. The Labute approximate surface area is 139 Å². The van der Waals surface area contributed by atoms with Crippen LogP contribution in [0, 0.1) is 11.6 Å². The molecule has 6 heteroatoms. The van der Waals surface area contributed by atoms with Gasteiger partial charge in [-0.25, -0.2) is 8.78 Å². The molecule has 0 N–H and O–H groups in total. The van der Waals surface area contributed by atoms with Crippen molar-refractivity contribution in [2.24, 2.45) is 0 Å². The van der Waals surface area contributed by atoms with E-state index in [0.717, 1.165) is 12.1 Å². The summed E-state index contributed by atoms with van der Waals surface area (Å²) < 4.78 is 37.0. The summed E-state index contributed by atoms with van der Waals surface area (Å²) in [6.07, 6.45) is 0. The van der Waals surface area contributed by atoms with Crippen LogP contribution in [0.2, 0.25) is 0 Å². The van der Waals surface area contributed by atoms with Crippen molar-refractivity contribution in [1.29, 1.82) is 0 Å². The Bertz CT molecular complexity index is 721. The third kappa shape index (κ3) is 4.01. The van der Waals surface area contributed by atoms with E-state index < -0.39 is 17.7 Å². The van der Waals surface area contributed by atoms with Crippen LogP contribution in [0.3, 0.4) is 0 Å². The number of nitrogens with zero attached hydrogens (tertiary/aromatic N) is 1.